The minimum absolute atomic E-state index is 0.746. The number of nitrogens with one attached hydrogen (secondary N) is 1. The quantitative estimate of drug-likeness (QED) is 0.779. The van der Waals surface area contributed by atoms with Gasteiger partial charge in [-0.25, -0.2) is 0 Å². The van der Waals surface area contributed by atoms with Crippen molar-refractivity contribution >= 4 is 11.8 Å². The smallest absolute Gasteiger partial charge is 0.0141 e. The third-order valence-electron chi connectivity index (χ3n) is 3.36. The van der Waals surface area contributed by atoms with Crippen molar-refractivity contribution in [2.24, 2.45) is 0 Å². The van der Waals surface area contributed by atoms with E-state index in [9.17, 15) is 0 Å². The van der Waals surface area contributed by atoms with Gasteiger partial charge in [0.2, 0.25) is 0 Å². The Bertz CT molecular complexity index is 164. The van der Waals surface area contributed by atoms with Crippen molar-refractivity contribution in [3.05, 3.63) is 0 Å². The molecule has 0 saturated carbocycles. The van der Waals surface area contributed by atoms with Crippen LogP contribution in [0.2, 0.25) is 0 Å². The van der Waals surface area contributed by atoms with Gasteiger partial charge in [0.15, 0.2) is 0 Å². The molecule has 2 nitrogen and oxygen atoms in total. The molecule has 1 heterocycles. The second-order valence-electron chi connectivity index (χ2n) is 4.52. The average molecular weight is 230 g/mol. The molecular formula is C12H26N2S. The molecule has 0 amide bonds. The lowest BCUT2D eigenvalue weighted by Gasteiger charge is -2.19. The van der Waals surface area contributed by atoms with Gasteiger partial charge in [0.25, 0.3) is 0 Å². The molecule has 2 unspecified atom stereocenters. The van der Waals surface area contributed by atoms with E-state index in [2.05, 4.69) is 30.3 Å². The highest BCUT2D eigenvalue weighted by molar-refractivity contribution is 7.99. The summed E-state index contributed by atoms with van der Waals surface area (Å²) >= 11 is 1.95. The molecule has 0 spiro atoms. The number of hydrogen-bond donors (Lipinski definition) is 1. The van der Waals surface area contributed by atoms with Crippen LogP contribution in [0.25, 0.3) is 0 Å². The highest BCUT2D eigenvalue weighted by Gasteiger charge is 2.15. The lowest BCUT2D eigenvalue weighted by molar-refractivity contribution is 0.297. The van der Waals surface area contributed by atoms with Crippen molar-refractivity contribution < 1.29 is 0 Å². The molecule has 2 atom stereocenters. The molecule has 0 bridgehead atoms. The van der Waals surface area contributed by atoms with Crippen molar-refractivity contribution in [3.8, 4) is 0 Å². The normalized spacial score (nSPS) is 26.2. The molecule has 0 aromatic carbocycles. The van der Waals surface area contributed by atoms with Crippen LogP contribution in [-0.2, 0) is 0 Å². The van der Waals surface area contributed by atoms with E-state index in [0.717, 1.165) is 17.8 Å². The molecule has 1 aliphatic rings. The van der Waals surface area contributed by atoms with Crippen LogP contribution in [0.4, 0.5) is 0 Å². The predicted octanol–water partition coefficient (Wildman–Crippen LogP) is 2.20. The lowest BCUT2D eigenvalue weighted by atomic mass is 10.1. The number of nitrogens with zero attached hydrogens (tertiary/aromatic N) is 1. The molecule has 0 radical (unpaired) electrons. The van der Waals surface area contributed by atoms with Gasteiger partial charge in [0.05, 0.1) is 0 Å². The van der Waals surface area contributed by atoms with Crippen LogP contribution < -0.4 is 5.32 Å². The molecular weight excluding hydrogens is 204 g/mol. The summed E-state index contributed by atoms with van der Waals surface area (Å²) in [5.74, 6) is 0. The standard InChI is InChI=1S/C12H26N2S/c1-4-14-8-5-6-12(7-9-14)13-10-11(2)15-3/h11-13H,4-10H2,1-3H3. The van der Waals surface area contributed by atoms with E-state index in [0.29, 0.717) is 0 Å². The Morgan fingerprint density at radius 2 is 2.20 bits per heavy atom. The molecule has 0 aliphatic carbocycles. The van der Waals surface area contributed by atoms with Crippen LogP contribution in [-0.4, -0.2) is 48.6 Å². The van der Waals surface area contributed by atoms with E-state index in [1.807, 2.05) is 11.8 Å². The molecule has 0 aromatic heterocycles. The van der Waals surface area contributed by atoms with Gasteiger partial charge in [-0.3, -0.25) is 0 Å². The van der Waals surface area contributed by atoms with Crippen LogP contribution in [0, 0.1) is 0 Å². The molecule has 15 heavy (non-hydrogen) atoms. The second kappa shape index (κ2) is 7.53. The summed E-state index contributed by atoms with van der Waals surface area (Å²) in [4.78, 5) is 2.57. The molecule has 3 heteroatoms. The van der Waals surface area contributed by atoms with Gasteiger partial charge in [-0.2, -0.15) is 11.8 Å². The maximum Gasteiger partial charge on any atom is 0.0141 e. The molecule has 90 valence electrons. The first kappa shape index (κ1) is 13.3. The Labute approximate surface area is 99.2 Å². The third-order valence-corrected chi connectivity index (χ3v) is 4.34. The van der Waals surface area contributed by atoms with Crippen molar-refractivity contribution in [1.29, 1.82) is 0 Å². The topological polar surface area (TPSA) is 15.3 Å². The number of thioether (sulfide) groups is 1. The van der Waals surface area contributed by atoms with Gasteiger partial charge in [0, 0.05) is 17.8 Å². The zero-order chi connectivity index (χ0) is 11.1. The lowest BCUT2D eigenvalue weighted by Crippen LogP contribution is -2.34. The fourth-order valence-electron chi connectivity index (χ4n) is 2.09. The molecule has 1 N–H and O–H groups in total. The van der Waals surface area contributed by atoms with E-state index < -0.39 is 0 Å². The predicted molar refractivity (Wildman–Crippen MR) is 70.7 cm³/mol. The highest BCUT2D eigenvalue weighted by atomic mass is 32.2. The fraction of sp³-hybridized carbons (Fsp3) is 1.00. The van der Waals surface area contributed by atoms with Crippen LogP contribution in [0.1, 0.15) is 33.1 Å². The Morgan fingerprint density at radius 1 is 1.40 bits per heavy atom. The zero-order valence-corrected chi connectivity index (χ0v) is 11.3. The van der Waals surface area contributed by atoms with Crippen LogP contribution in [0.15, 0.2) is 0 Å². The monoisotopic (exact) mass is 230 g/mol. The zero-order valence-electron chi connectivity index (χ0n) is 10.5. The van der Waals surface area contributed by atoms with Gasteiger partial charge >= 0.3 is 0 Å². The minimum atomic E-state index is 0.746. The van der Waals surface area contributed by atoms with Crippen molar-refractivity contribution in [1.82, 2.24) is 10.2 Å². The SMILES string of the molecule is CCN1CCCC(NCC(C)SC)CC1. The van der Waals surface area contributed by atoms with E-state index in [-0.39, 0.29) is 0 Å². The second-order valence-corrected chi connectivity index (χ2v) is 5.79. The highest BCUT2D eigenvalue weighted by Crippen LogP contribution is 2.11. The van der Waals surface area contributed by atoms with Gasteiger partial charge in [-0.1, -0.05) is 13.8 Å². The summed E-state index contributed by atoms with van der Waals surface area (Å²) in [6.45, 7) is 9.52. The number of hydrogen-bond acceptors (Lipinski definition) is 3. The first-order valence-corrected chi connectivity index (χ1v) is 7.53. The first-order valence-electron chi connectivity index (χ1n) is 6.24. The van der Waals surface area contributed by atoms with Gasteiger partial charge in [-0.05, 0) is 45.2 Å². The Hall–Kier alpha value is 0.270. The van der Waals surface area contributed by atoms with Gasteiger partial charge < -0.3 is 10.2 Å². The van der Waals surface area contributed by atoms with Crippen molar-refractivity contribution in [2.45, 2.75) is 44.4 Å². The fourth-order valence-corrected chi connectivity index (χ4v) is 2.36. The molecule has 0 aromatic rings. The van der Waals surface area contributed by atoms with E-state index in [4.69, 9.17) is 0 Å². The number of likely N-dealkylation sites (tertiary alicyclic amines) is 1. The Morgan fingerprint density at radius 3 is 2.87 bits per heavy atom. The summed E-state index contributed by atoms with van der Waals surface area (Å²) in [7, 11) is 0. The van der Waals surface area contributed by atoms with E-state index >= 15 is 0 Å². The molecule has 1 saturated heterocycles. The molecule has 1 rings (SSSR count). The summed E-state index contributed by atoms with van der Waals surface area (Å²) in [5.41, 5.74) is 0. The molecule has 1 fully saturated rings. The van der Waals surface area contributed by atoms with Crippen LogP contribution >= 0.6 is 11.8 Å². The number of rotatable bonds is 5. The van der Waals surface area contributed by atoms with E-state index in [1.165, 1.54) is 38.9 Å². The largest absolute Gasteiger partial charge is 0.313 e. The van der Waals surface area contributed by atoms with Gasteiger partial charge in [-0.15, -0.1) is 0 Å². The Kier molecular flexibility index (Phi) is 6.69. The Balaban J connectivity index is 2.19. The maximum absolute atomic E-state index is 3.71. The summed E-state index contributed by atoms with van der Waals surface area (Å²) in [5, 5.41) is 4.46. The van der Waals surface area contributed by atoms with Crippen LogP contribution in [0.5, 0.6) is 0 Å². The average Bonchev–Trinajstić information content (AvgIpc) is 2.50. The summed E-state index contributed by atoms with van der Waals surface area (Å²) in [6.07, 6.45) is 6.24. The van der Waals surface area contributed by atoms with Crippen molar-refractivity contribution in [2.75, 3.05) is 32.4 Å². The maximum atomic E-state index is 3.71. The first-order chi connectivity index (χ1) is 7.26. The summed E-state index contributed by atoms with van der Waals surface area (Å²) in [6, 6.07) is 0.760. The summed E-state index contributed by atoms with van der Waals surface area (Å²) < 4.78 is 0. The van der Waals surface area contributed by atoms with Crippen molar-refractivity contribution in [3.63, 3.8) is 0 Å². The van der Waals surface area contributed by atoms with E-state index in [1.54, 1.807) is 0 Å². The third kappa shape index (κ3) is 5.23. The van der Waals surface area contributed by atoms with Crippen LogP contribution in [0.3, 0.4) is 0 Å². The van der Waals surface area contributed by atoms with Gasteiger partial charge in [0.1, 0.15) is 0 Å². The minimum Gasteiger partial charge on any atom is -0.313 e. The molecule has 1 aliphatic heterocycles.